The lowest BCUT2D eigenvalue weighted by Crippen LogP contribution is -1.78. The summed E-state index contributed by atoms with van der Waals surface area (Å²) in [4.78, 5) is 12.5. The lowest BCUT2D eigenvalue weighted by atomic mass is 10.2. The van der Waals surface area contributed by atoms with Crippen LogP contribution in [0.25, 0.3) is 0 Å². The molecule has 0 aromatic carbocycles. The van der Waals surface area contributed by atoms with Gasteiger partial charge in [0.25, 0.3) is 0 Å². The van der Waals surface area contributed by atoms with E-state index in [1.807, 2.05) is 6.07 Å². The van der Waals surface area contributed by atoms with Crippen molar-refractivity contribution in [3.8, 4) is 0 Å². The predicted molar refractivity (Wildman–Crippen MR) is 52.9 cm³/mol. The van der Waals surface area contributed by atoms with Gasteiger partial charge in [0.05, 0.1) is 4.88 Å². The van der Waals surface area contributed by atoms with Gasteiger partial charge in [0, 0.05) is 4.88 Å². The summed E-state index contributed by atoms with van der Waals surface area (Å²) in [5.74, 6) is 0. The summed E-state index contributed by atoms with van der Waals surface area (Å²) in [6.45, 7) is 2.20. The standard InChI is InChI=1S/C10H14OS/c1-2-3-4-5-9-6-7-10(8-11)12-9/h6-8H,2-5H2,1H3. The first-order valence-electron chi connectivity index (χ1n) is 4.40. The Morgan fingerprint density at radius 1 is 1.42 bits per heavy atom. The second-order valence-corrected chi connectivity index (χ2v) is 4.08. The Kier molecular flexibility index (Phi) is 4.01. The molecule has 2 heteroatoms. The van der Waals surface area contributed by atoms with Crippen molar-refractivity contribution < 1.29 is 4.79 Å². The second kappa shape index (κ2) is 5.09. The number of carbonyl (C=O) groups is 1. The molecule has 0 amide bonds. The first-order chi connectivity index (χ1) is 5.86. The van der Waals surface area contributed by atoms with Crippen molar-refractivity contribution >= 4 is 17.6 Å². The smallest absolute Gasteiger partial charge is 0.160 e. The van der Waals surface area contributed by atoms with Gasteiger partial charge in [-0.2, -0.15) is 0 Å². The Bertz CT molecular complexity index is 240. The molecule has 0 atom stereocenters. The third kappa shape index (κ3) is 2.78. The number of aldehydes is 1. The number of hydrogen-bond donors (Lipinski definition) is 0. The van der Waals surface area contributed by atoms with E-state index in [9.17, 15) is 4.79 Å². The zero-order chi connectivity index (χ0) is 8.81. The highest BCUT2D eigenvalue weighted by Gasteiger charge is 1.97. The van der Waals surface area contributed by atoms with Crippen molar-refractivity contribution in [1.29, 1.82) is 0 Å². The molecule has 1 aromatic heterocycles. The molecule has 1 rings (SSSR count). The lowest BCUT2D eigenvalue weighted by Gasteiger charge is -1.93. The summed E-state index contributed by atoms with van der Waals surface area (Å²) in [5.41, 5.74) is 0. The average molecular weight is 182 g/mol. The van der Waals surface area contributed by atoms with Gasteiger partial charge >= 0.3 is 0 Å². The van der Waals surface area contributed by atoms with E-state index in [2.05, 4.69) is 13.0 Å². The van der Waals surface area contributed by atoms with Gasteiger partial charge in [-0.3, -0.25) is 4.79 Å². The van der Waals surface area contributed by atoms with Crippen molar-refractivity contribution in [1.82, 2.24) is 0 Å². The molecule has 0 aliphatic carbocycles. The summed E-state index contributed by atoms with van der Waals surface area (Å²) in [7, 11) is 0. The van der Waals surface area contributed by atoms with Crippen LogP contribution >= 0.6 is 11.3 Å². The molecular formula is C10H14OS. The lowest BCUT2D eigenvalue weighted by molar-refractivity contribution is 0.112. The SMILES string of the molecule is CCCCCc1ccc(C=O)s1. The van der Waals surface area contributed by atoms with Crippen LogP contribution in [0.3, 0.4) is 0 Å². The van der Waals surface area contributed by atoms with Gasteiger partial charge < -0.3 is 0 Å². The van der Waals surface area contributed by atoms with Crippen LogP contribution in [0.15, 0.2) is 12.1 Å². The van der Waals surface area contributed by atoms with Gasteiger partial charge in [0.2, 0.25) is 0 Å². The van der Waals surface area contributed by atoms with Gasteiger partial charge in [-0.25, -0.2) is 0 Å². The van der Waals surface area contributed by atoms with Crippen LogP contribution in [-0.2, 0) is 6.42 Å². The molecule has 66 valence electrons. The first-order valence-corrected chi connectivity index (χ1v) is 5.22. The maximum absolute atomic E-state index is 10.4. The fourth-order valence-electron chi connectivity index (χ4n) is 1.14. The molecule has 0 spiro atoms. The molecule has 0 bridgehead atoms. The Labute approximate surface area is 77.4 Å². The molecule has 0 N–H and O–H groups in total. The van der Waals surface area contributed by atoms with Gasteiger partial charge in [-0.15, -0.1) is 11.3 Å². The van der Waals surface area contributed by atoms with Gasteiger partial charge in [-0.1, -0.05) is 19.8 Å². The maximum Gasteiger partial charge on any atom is 0.160 e. The molecule has 0 saturated carbocycles. The third-order valence-corrected chi connectivity index (χ3v) is 2.90. The number of thiophene rings is 1. The van der Waals surface area contributed by atoms with E-state index in [0.29, 0.717) is 0 Å². The van der Waals surface area contributed by atoms with Crippen molar-refractivity contribution in [3.63, 3.8) is 0 Å². The number of unbranched alkanes of at least 4 members (excludes halogenated alkanes) is 2. The Balaban J connectivity index is 2.36. The van der Waals surface area contributed by atoms with Crippen LogP contribution in [0.5, 0.6) is 0 Å². The molecule has 0 aliphatic heterocycles. The van der Waals surface area contributed by atoms with Crippen LogP contribution in [0.2, 0.25) is 0 Å². The fourth-order valence-corrected chi connectivity index (χ4v) is 2.01. The van der Waals surface area contributed by atoms with Crippen molar-refractivity contribution in [3.05, 3.63) is 21.9 Å². The number of rotatable bonds is 5. The highest BCUT2D eigenvalue weighted by Crippen LogP contribution is 2.16. The summed E-state index contributed by atoms with van der Waals surface area (Å²) in [6.07, 6.45) is 5.84. The highest BCUT2D eigenvalue weighted by atomic mass is 32.1. The molecule has 0 saturated heterocycles. The first kappa shape index (κ1) is 9.46. The second-order valence-electron chi connectivity index (χ2n) is 2.88. The van der Waals surface area contributed by atoms with Crippen LogP contribution < -0.4 is 0 Å². The van der Waals surface area contributed by atoms with E-state index in [4.69, 9.17) is 0 Å². The minimum Gasteiger partial charge on any atom is -0.297 e. The molecule has 12 heavy (non-hydrogen) atoms. The molecule has 0 unspecified atom stereocenters. The molecule has 1 aromatic rings. The van der Waals surface area contributed by atoms with E-state index in [0.717, 1.165) is 17.6 Å². The summed E-state index contributed by atoms with van der Waals surface area (Å²) >= 11 is 1.62. The zero-order valence-electron chi connectivity index (χ0n) is 7.38. The van der Waals surface area contributed by atoms with E-state index >= 15 is 0 Å². The quantitative estimate of drug-likeness (QED) is 0.504. The zero-order valence-corrected chi connectivity index (χ0v) is 8.19. The van der Waals surface area contributed by atoms with Crippen LogP contribution in [0.4, 0.5) is 0 Å². The summed E-state index contributed by atoms with van der Waals surface area (Å²) in [5, 5.41) is 0. The largest absolute Gasteiger partial charge is 0.297 e. The number of carbonyl (C=O) groups excluding carboxylic acids is 1. The minimum atomic E-state index is 0.849. The van der Waals surface area contributed by atoms with E-state index in [1.54, 1.807) is 11.3 Å². The topological polar surface area (TPSA) is 17.1 Å². The maximum atomic E-state index is 10.4. The monoisotopic (exact) mass is 182 g/mol. The minimum absolute atomic E-state index is 0.849. The van der Waals surface area contributed by atoms with Crippen LogP contribution in [0.1, 0.15) is 40.7 Å². The average Bonchev–Trinajstić information content (AvgIpc) is 2.53. The van der Waals surface area contributed by atoms with Gasteiger partial charge in [-0.05, 0) is 25.0 Å². The van der Waals surface area contributed by atoms with Crippen LogP contribution in [0, 0.1) is 0 Å². The Morgan fingerprint density at radius 2 is 2.25 bits per heavy atom. The van der Waals surface area contributed by atoms with E-state index in [-0.39, 0.29) is 0 Å². The summed E-state index contributed by atoms with van der Waals surface area (Å²) in [6, 6.07) is 3.96. The van der Waals surface area contributed by atoms with Gasteiger partial charge in [0.15, 0.2) is 6.29 Å². The van der Waals surface area contributed by atoms with Crippen molar-refractivity contribution in [2.24, 2.45) is 0 Å². The van der Waals surface area contributed by atoms with E-state index < -0.39 is 0 Å². The van der Waals surface area contributed by atoms with Crippen LogP contribution in [-0.4, -0.2) is 6.29 Å². The third-order valence-electron chi connectivity index (χ3n) is 1.83. The van der Waals surface area contributed by atoms with Gasteiger partial charge in [0.1, 0.15) is 0 Å². The van der Waals surface area contributed by atoms with Crippen molar-refractivity contribution in [2.45, 2.75) is 32.6 Å². The summed E-state index contributed by atoms with van der Waals surface area (Å²) < 4.78 is 0. The highest BCUT2D eigenvalue weighted by molar-refractivity contribution is 7.13. The number of hydrogen-bond acceptors (Lipinski definition) is 2. The molecule has 1 nitrogen and oxygen atoms in total. The van der Waals surface area contributed by atoms with E-state index in [1.165, 1.54) is 24.1 Å². The Morgan fingerprint density at radius 3 is 2.83 bits per heavy atom. The molecule has 1 heterocycles. The molecule has 0 radical (unpaired) electrons. The normalized spacial score (nSPS) is 10.1. The molecular weight excluding hydrogens is 168 g/mol. The predicted octanol–water partition coefficient (Wildman–Crippen LogP) is 3.29. The fraction of sp³-hybridized carbons (Fsp3) is 0.500. The molecule has 0 aliphatic rings. The number of aryl methyl sites for hydroxylation is 1. The Hall–Kier alpha value is -0.630. The van der Waals surface area contributed by atoms with Crippen molar-refractivity contribution in [2.75, 3.05) is 0 Å². The molecule has 0 fully saturated rings.